The van der Waals surface area contributed by atoms with Gasteiger partial charge in [0.15, 0.2) is 5.65 Å². The van der Waals surface area contributed by atoms with E-state index >= 15 is 0 Å². The Kier molecular flexibility index (Phi) is 7.02. The molecule has 0 unspecified atom stereocenters. The molecule has 0 atom stereocenters. The second-order valence-electron chi connectivity index (χ2n) is 10.7. The van der Waals surface area contributed by atoms with Crippen LogP contribution in [0, 0.1) is 5.41 Å². The smallest absolute Gasteiger partial charge is 0.394 e. The molecule has 1 amide bonds. The number of piperazine rings is 1. The van der Waals surface area contributed by atoms with Crippen LogP contribution in [-0.4, -0.2) is 65.4 Å². The van der Waals surface area contributed by atoms with Gasteiger partial charge in [-0.15, -0.1) is 12.4 Å². The van der Waals surface area contributed by atoms with Gasteiger partial charge < -0.3 is 29.3 Å². The average Bonchev–Trinajstić information content (AvgIpc) is 3.32. The summed E-state index contributed by atoms with van der Waals surface area (Å²) in [5.74, 6) is 0.0878. The van der Waals surface area contributed by atoms with Gasteiger partial charge >= 0.3 is 6.18 Å². The molecule has 3 aromatic heterocycles. The minimum Gasteiger partial charge on any atom is -0.481 e. The lowest BCUT2D eigenvalue weighted by atomic mass is 9.39. The lowest BCUT2D eigenvalue weighted by Gasteiger charge is -2.70. The number of alkyl halides is 3. The van der Waals surface area contributed by atoms with Gasteiger partial charge in [-0.3, -0.25) is 9.59 Å². The molecule has 7 rings (SSSR count). The molecule has 40 heavy (non-hydrogen) atoms. The van der Waals surface area contributed by atoms with E-state index in [0.717, 1.165) is 0 Å². The summed E-state index contributed by atoms with van der Waals surface area (Å²) in [6, 6.07) is 3.30. The van der Waals surface area contributed by atoms with Crippen LogP contribution in [-0.2, 0) is 17.8 Å². The third kappa shape index (κ3) is 4.39. The van der Waals surface area contributed by atoms with Crippen molar-refractivity contribution in [2.75, 3.05) is 38.2 Å². The van der Waals surface area contributed by atoms with Gasteiger partial charge in [0, 0.05) is 55.2 Å². The molecule has 2 N–H and O–H groups in total. The molecule has 3 aliphatic carbocycles. The van der Waals surface area contributed by atoms with E-state index in [0.29, 0.717) is 55.4 Å². The maximum absolute atomic E-state index is 13.8. The summed E-state index contributed by atoms with van der Waals surface area (Å²) in [6.07, 6.45) is -2.59. The standard InChI is InChI=1S/C26H29F3N6O4.ClH/c1-3-16-19(34-8-6-30-7-9-34)20(37)21-22(32-23(39-21)15-4-5-31-18(10-15)38-2)35(16)11-17(36)33-25-12-24(13-25,14-25)26(27,28)29;/h4-5,10,30H,3,6-9,11-14H2,1-2H3,(H,33,36);1H. The number of anilines is 1. The number of hydrogen-bond acceptors (Lipinski definition) is 8. The second-order valence-corrected chi connectivity index (χ2v) is 10.7. The van der Waals surface area contributed by atoms with Crippen molar-refractivity contribution >= 4 is 35.2 Å². The molecule has 10 nitrogen and oxygen atoms in total. The number of pyridine rings is 2. The Morgan fingerprint density at radius 3 is 2.58 bits per heavy atom. The second kappa shape index (κ2) is 9.95. The van der Waals surface area contributed by atoms with Gasteiger partial charge in [0.2, 0.25) is 28.7 Å². The van der Waals surface area contributed by atoms with Gasteiger partial charge in [-0.1, -0.05) is 6.92 Å². The van der Waals surface area contributed by atoms with Crippen LogP contribution in [0.1, 0.15) is 31.9 Å². The Bertz CT molecular complexity index is 1490. The molecule has 0 aromatic carbocycles. The summed E-state index contributed by atoms with van der Waals surface area (Å²) in [6.45, 7) is 4.29. The van der Waals surface area contributed by atoms with Gasteiger partial charge in [0.05, 0.1) is 12.5 Å². The summed E-state index contributed by atoms with van der Waals surface area (Å²) in [4.78, 5) is 37.7. The van der Waals surface area contributed by atoms with E-state index in [1.165, 1.54) is 13.3 Å². The van der Waals surface area contributed by atoms with Crippen LogP contribution < -0.4 is 25.7 Å². The van der Waals surface area contributed by atoms with Crippen molar-refractivity contribution in [3.63, 3.8) is 0 Å². The fraction of sp³-hybridized carbons (Fsp3) is 0.538. The fourth-order valence-electron chi connectivity index (χ4n) is 6.36. The highest BCUT2D eigenvalue weighted by atomic mass is 35.5. The lowest BCUT2D eigenvalue weighted by molar-refractivity contribution is -0.337. The van der Waals surface area contributed by atoms with Gasteiger partial charge in [0.1, 0.15) is 12.2 Å². The first-order valence-corrected chi connectivity index (χ1v) is 13.0. The van der Waals surface area contributed by atoms with Crippen molar-refractivity contribution in [3.8, 4) is 17.3 Å². The van der Waals surface area contributed by atoms with Crippen molar-refractivity contribution in [2.24, 2.45) is 5.41 Å². The Hall–Kier alpha value is -3.32. The van der Waals surface area contributed by atoms with Crippen LogP contribution in [0.5, 0.6) is 5.88 Å². The maximum atomic E-state index is 13.8. The van der Waals surface area contributed by atoms with Crippen molar-refractivity contribution < 1.29 is 27.1 Å². The Labute approximate surface area is 233 Å². The van der Waals surface area contributed by atoms with E-state index in [-0.39, 0.29) is 60.8 Å². The van der Waals surface area contributed by atoms with Gasteiger partial charge in [-0.25, -0.2) is 4.98 Å². The zero-order valence-corrected chi connectivity index (χ0v) is 22.9. The number of hydrogen-bond donors (Lipinski definition) is 2. The van der Waals surface area contributed by atoms with E-state index in [2.05, 4.69) is 20.6 Å². The zero-order valence-electron chi connectivity index (χ0n) is 22.1. The maximum Gasteiger partial charge on any atom is 0.394 e. The third-order valence-corrected chi connectivity index (χ3v) is 8.18. The van der Waals surface area contributed by atoms with E-state index in [9.17, 15) is 22.8 Å². The molecular weight excluding hydrogens is 553 g/mol. The first kappa shape index (κ1) is 28.2. The fourth-order valence-corrected chi connectivity index (χ4v) is 6.36. The number of amides is 1. The number of fused-ring (bicyclic) bond motifs is 1. The summed E-state index contributed by atoms with van der Waals surface area (Å²) < 4.78 is 52.8. The van der Waals surface area contributed by atoms with Crippen LogP contribution in [0.25, 0.3) is 22.7 Å². The number of aromatic nitrogens is 3. The van der Waals surface area contributed by atoms with E-state index in [4.69, 9.17) is 9.15 Å². The highest BCUT2D eigenvalue weighted by Gasteiger charge is 2.78. The molecule has 216 valence electrons. The molecule has 2 bridgehead atoms. The number of nitrogens with zero attached hydrogens (tertiary/aromatic N) is 4. The Morgan fingerprint density at radius 1 is 1.25 bits per heavy atom. The van der Waals surface area contributed by atoms with E-state index in [1.807, 2.05) is 11.8 Å². The van der Waals surface area contributed by atoms with E-state index < -0.39 is 23.0 Å². The normalized spacial score (nSPS) is 23.7. The molecule has 0 radical (unpaired) electrons. The number of oxazole rings is 1. The molecule has 14 heteroatoms. The summed E-state index contributed by atoms with van der Waals surface area (Å²) in [5.41, 5.74) is -0.949. The summed E-state index contributed by atoms with van der Waals surface area (Å²) >= 11 is 0. The number of halogens is 4. The molecule has 3 saturated carbocycles. The molecular formula is C26H30ClF3N6O4. The Balaban J connectivity index is 0.00000323. The monoisotopic (exact) mass is 582 g/mol. The molecule has 4 aliphatic rings. The predicted molar refractivity (Wildman–Crippen MR) is 143 cm³/mol. The SMILES string of the molecule is CCc1c(N2CCNCC2)c(=O)c2oc(-c3ccnc(OC)c3)nc2n1CC(=O)NC12CC(C(F)(F)F)(C1)C2.Cl. The number of carbonyl (C=O) groups excluding carboxylic acids is 1. The van der Waals surface area contributed by atoms with Crippen LogP contribution in [0.15, 0.2) is 27.5 Å². The van der Waals surface area contributed by atoms with Crippen molar-refractivity contribution in [3.05, 3.63) is 34.2 Å². The van der Waals surface area contributed by atoms with Gasteiger partial charge in [-0.2, -0.15) is 18.2 Å². The number of ether oxygens (including phenoxy) is 1. The van der Waals surface area contributed by atoms with Gasteiger partial charge in [-0.05, 0) is 31.7 Å². The minimum atomic E-state index is -4.26. The molecule has 4 heterocycles. The molecule has 1 aliphatic heterocycles. The highest BCUT2D eigenvalue weighted by molar-refractivity contribution is 5.85. The number of methoxy groups -OCH3 is 1. The zero-order chi connectivity index (χ0) is 27.6. The number of carbonyl (C=O) groups is 1. The van der Waals surface area contributed by atoms with E-state index in [1.54, 1.807) is 16.7 Å². The number of rotatable bonds is 7. The average molecular weight is 583 g/mol. The molecule has 3 aromatic rings. The molecule has 1 saturated heterocycles. The lowest BCUT2D eigenvalue weighted by Crippen LogP contribution is -2.78. The highest BCUT2D eigenvalue weighted by Crippen LogP contribution is 2.73. The van der Waals surface area contributed by atoms with Crippen molar-refractivity contribution in [1.82, 2.24) is 25.2 Å². The molecule has 4 fully saturated rings. The summed E-state index contributed by atoms with van der Waals surface area (Å²) in [7, 11) is 1.48. The van der Waals surface area contributed by atoms with Crippen LogP contribution >= 0.6 is 12.4 Å². The largest absolute Gasteiger partial charge is 0.481 e. The quantitative estimate of drug-likeness (QED) is 0.437. The van der Waals surface area contributed by atoms with Crippen molar-refractivity contribution in [1.29, 1.82) is 0 Å². The first-order valence-electron chi connectivity index (χ1n) is 13.0. The number of nitrogens with one attached hydrogen (secondary N) is 2. The first-order chi connectivity index (χ1) is 18.6. The van der Waals surface area contributed by atoms with Crippen LogP contribution in [0.4, 0.5) is 18.9 Å². The summed E-state index contributed by atoms with van der Waals surface area (Å²) in [5, 5.41) is 6.11. The van der Waals surface area contributed by atoms with Gasteiger partial charge in [0.25, 0.3) is 0 Å². The molecule has 0 spiro atoms. The van der Waals surface area contributed by atoms with Crippen LogP contribution in [0.2, 0.25) is 0 Å². The third-order valence-electron chi connectivity index (χ3n) is 8.18. The van der Waals surface area contributed by atoms with Crippen LogP contribution in [0.3, 0.4) is 0 Å². The minimum absolute atomic E-state index is 0. The topological polar surface area (TPSA) is 115 Å². The van der Waals surface area contributed by atoms with Crippen molar-refractivity contribution in [2.45, 2.75) is 50.9 Å². The predicted octanol–water partition coefficient (Wildman–Crippen LogP) is 3.06. The Morgan fingerprint density at radius 2 is 1.95 bits per heavy atom.